The van der Waals surface area contributed by atoms with Gasteiger partial charge in [0.2, 0.25) is 0 Å². The molecule has 140 heavy (non-hydrogen) atoms. The van der Waals surface area contributed by atoms with E-state index in [4.69, 9.17) is 51.0 Å². The van der Waals surface area contributed by atoms with E-state index in [0.717, 1.165) is 34.1 Å². The predicted molar refractivity (Wildman–Crippen MR) is 609 cm³/mol. The molecule has 9 N–H and O–H groups in total. The van der Waals surface area contributed by atoms with E-state index in [2.05, 4.69) is 159 Å². The molecular formula is C76H74F4I14O40S6. The Hall–Kier alpha value is -1.63. The molecule has 0 fully saturated rings. The highest BCUT2D eigenvalue weighted by molar-refractivity contribution is 14.1. The van der Waals surface area contributed by atoms with Crippen molar-refractivity contribution in [1.82, 2.24) is 0 Å². The van der Waals surface area contributed by atoms with Gasteiger partial charge in [-0.15, -0.1) is 0 Å². The summed E-state index contributed by atoms with van der Waals surface area (Å²) in [6.07, 6.45) is 0.868. The maximum absolute atomic E-state index is 12.8. The molecule has 1 unspecified atom stereocenters. The lowest BCUT2D eigenvalue weighted by molar-refractivity contribution is -0.154. The van der Waals surface area contributed by atoms with Crippen LogP contribution < -0.4 is 4.74 Å². The molecule has 0 aliphatic carbocycles. The Morgan fingerprint density at radius 2 is 0.814 bits per heavy atom. The summed E-state index contributed by atoms with van der Waals surface area (Å²) in [7, 11) is -26.3. The smallest absolute Gasteiger partial charge is 0.402 e. The second-order valence-electron chi connectivity index (χ2n) is 26.3. The van der Waals surface area contributed by atoms with Crippen molar-refractivity contribution in [3.8, 4) is 23.0 Å². The van der Waals surface area contributed by atoms with Crippen LogP contribution in [0.15, 0.2) is 109 Å². The Morgan fingerprint density at radius 3 is 1.34 bits per heavy atom. The minimum absolute atomic E-state index is 0.0247. The molecule has 0 saturated heterocycles. The van der Waals surface area contributed by atoms with E-state index in [1.54, 1.807) is 72.8 Å². The fourth-order valence-electron chi connectivity index (χ4n) is 8.50. The number of carbonyl (C=O) groups excluding carboxylic acids is 9. The molecular weight excluding hydrogens is 3600 g/mol. The molecule has 7 aromatic rings. The monoisotopic (exact) mass is 3670 g/mol. The van der Waals surface area contributed by atoms with Crippen LogP contribution in [0.4, 0.5) is 17.6 Å². The lowest BCUT2D eigenvalue weighted by atomic mass is 9.97. The lowest BCUT2D eigenvalue weighted by Gasteiger charge is -2.17. The van der Waals surface area contributed by atoms with E-state index in [9.17, 15) is 127 Å². The van der Waals surface area contributed by atoms with E-state index in [0.29, 0.717) is 58.1 Å². The lowest BCUT2D eigenvalue weighted by Crippen LogP contribution is -2.35. The molecule has 780 valence electrons. The van der Waals surface area contributed by atoms with Crippen molar-refractivity contribution in [1.29, 1.82) is 0 Å². The molecule has 0 aromatic heterocycles. The first-order valence-electron chi connectivity index (χ1n) is 37.2. The molecule has 0 bridgehead atoms. The standard InChI is InChI=1S/C14H15F2IO4.C13H15I3O6S.C12H13IO7S.C11H9F2IO7S.C9H7I3O6S.C9H8I2O6S.C8H7I3O4S/c1-14(15,16)9-21-12(18)3-2-8-20-13(19)10-4-6-11(17)7-5-10;1-2-7(13(18)22-3-4-23(19,20)21)5-8-9(14)6-10(15)12(17)11(8)16;13-10-3-1-2-9(8-10)12(15)20-5-4-11(14)19-6-7-21(16,17)18;12-11(13,22(17,18)19)6-21-9(15)5-20-10(16)7-3-1-2-4-8(7)14;10-4-3-5(11)8(13)7(12)6(4)9(14)18-1-2-19(15,16)17;10-5-3-6(8(12)7(11)4-5)9(13)17-1-2-18(14,15)16;9-5-3-7(11)8(4-6(5)10)15-1-2-16(12,13)14/h4-7H,2-3,8-9H2,1H3;6-7,17H,2-5H2,1H3,(H,19,20,21);1-3,8H,4-7H2,(H,16,17,18);1-4H,5-6H2,(H,17,18,19);3,13H,1-2H2,(H,15,16,17);3-4,12H,1-2H2,(H,14,15,16);3-4H,1-2H2,(H,12,13,14). The number of phenolic OH excluding ortho intramolecular Hbond substituents is 3. The molecule has 0 saturated carbocycles. The maximum atomic E-state index is 12.8. The maximum Gasteiger partial charge on any atom is 0.402 e. The molecule has 0 spiro atoms. The van der Waals surface area contributed by atoms with Gasteiger partial charge in [0.05, 0.1) is 62.6 Å². The van der Waals surface area contributed by atoms with Gasteiger partial charge in [0, 0.05) is 41.9 Å². The van der Waals surface area contributed by atoms with Crippen LogP contribution in [0.1, 0.15) is 96.9 Å². The number of carbonyl (C=O) groups is 9. The third-order valence-corrected chi connectivity index (χ3v) is 32.5. The summed E-state index contributed by atoms with van der Waals surface area (Å²) in [5.41, 5.74) is 1.96. The Kier molecular flexibility index (Phi) is 64.5. The minimum Gasteiger partial charge on any atom is -0.506 e. The van der Waals surface area contributed by atoms with Gasteiger partial charge in [0.1, 0.15) is 97.0 Å². The Labute approximate surface area is 989 Å². The zero-order valence-corrected chi connectivity index (χ0v) is 106. The fourth-order valence-corrected chi connectivity index (χ4v) is 23.3. The first-order valence-corrected chi connectivity index (χ1v) is 61.8. The van der Waals surface area contributed by atoms with Crippen molar-refractivity contribution in [2.45, 2.75) is 57.1 Å². The molecule has 0 heterocycles. The molecule has 0 amide bonds. The van der Waals surface area contributed by atoms with E-state index in [1.165, 1.54) is 12.1 Å². The number of hydrogen-bond acceptors (Lipinski definition) is 34. The fraction of sp³-hybridized carbons (Fsp3) is 0.329. The molecule has 1 atom stereocenters. The van der Waals surface area contributed by atoms with Gasteiger partial charge in [0.15, 0.2) is 19.8 Å². The topological polar surface area (TPSA) is 633 Å². The summed E-state index contributed by atoms with van der Waals surface area (Å²) in [4.78, 5) is 104. The van der Waals surface area contributed by atoms with Crippen molar-refractivity contribution in [2.75, 3.05) is 94.8 Å². The number of rotatable bonds is 39. The van der Waals surface area contributed by atoms with Crippen molar-refractivity contribution >= 4 is 431 Å². The largest absolute Gasteiger partial charge is 0.506 e. The number of benzene rings is 7. The Bertz CT molecular complexity index is 6220. The normalized spacial score (nSPS) is 11.6. The van der Waals surface area contributed by atoms with E-state index >= 15 is 0 Å². The van der Waals surface area contributed by atoms with E-state index in [-0.39, 0.29) is 79.6 Å². The predicted octanol–water partition coefficient (Wildman–Crippen LogP) is 16.0. The highest BCUT2D eigenvalue weighted by atomic mass is 127. The summed E-state index contributed by atoms with van der Waals surface area (Å²) in [6, 6.07) is 30.2. The summed E-state index contributed by atoms with van der Waals surface area (Å²) in [5, 5.41) is 24.8. The molecule has 7 rings (SSSR count). The summed E-state index contributed by atoms with van der Waals surface area (Å²) >= 11 is 28.3. The first kappa shape index (κ1) is 136. The number of phenols is 3. The Balaban J connectivity index is 0.000000819. The van der Waals surface area contributed by atoms with Gasteiger partial charge < -0.3 is 62.7 Å². The number of ether oxygens (including phenoxy) is 10. The second kappa shape index (κ2) is 66.2. The van der Waals surface area contributed by atoms with Gasteiger partial charge in [-0.2, -0.15) is 59.3 Å². The van der Waals surface area contributed by atoms with Crippen molar-refractivity contribution < 1.29 is 201 Å². The average Bonchev–Trinajstić information content (AvgIpc) is 0.817. The molecule has 0 aliphatic rings. The van der Waals surface area contributed by atoms with Crippen LogP contribution in [-0.2, 0) is 129 Å². The number of esters is 9. The SMILES string of the molecule is CC(F)(F)COC(=O)CCCOC(=O)c1ccc(I)cc1.CCC(Cc1c(I)cc(I)c(O)c1I)C(=O)OCCS(=O)(=O)O.O=C(CCOC(=O)c1cccc(I)c1)OCCS(=O)(=O)O.O=C(COC(=O)c1ccccc1I)OCC(F)(F)S(=O)(=O)O.O=C(OCCS(=O)(=O)O)c1c(I)cc(I)c(O)c1I.O=C(OCCS(=O)(=O)O)c1cc(I)cc(I)c1O.O=S(=O)(O)CCOc1cc(I)c(I)cc1I. The van der Waals surface area contributed by atoms with Gasteiger partial charge in [-0.3, -0.25) is 41.7 Å². The summed E-state index contributed by atoms with van der Waals surface area (Å²) in [5.74, 6) is -12.8. The number of hydrogen-bond donors (Lipinski definition) is 9. The van der Waals surface area contributed by atoms with Crippen LogP contribution in [0, 0.1) is 55.9 Å². The molecule has 40 nitrogen and oxygen atoms in total. The van der Waals surface area contributed by atoms with Crippen molar-refractivity contribution in [2.24, 2.45) is 5.92 Å². The highest BCUT2D eigenvalue weighted by Gasteiger charge is 2.46. The Morgan fingerprint density at radius 1 is 0.364 bits per heavy atom. The van der Waals surface area contributed by atoms with Gasteiger partial charge in [-0.1, -0.05) is 25.1 Å². The minimum atomic E-state index is -5.70. The molecule has 0 radical (unpaired) electrons. The molecule has 7 aromatic carbocycles. The third-order valence-electron chi connectivity index (χ3n) is 15.1. The first-order chi connectivity index (χ1) is 64.3. The van der Waals surface area contributed by atoms with Crippen molar-refractivity contribution in [3.63, 3.8) is 0 Å². The van der Waals surface area contributed by atoms with Gasteiger partial charge >= 0.3 is 69.1 Å². The van der Waals surface area contributed by atoms with Crippen LogP contribution >= 0.6 is 316 Å². The number of aromatic hydroxyl groups is 3. The zero-order chi connectivity index (χ0) is 108. The van der Waals surface area contributed by atoms with Crippen molar-refractivity contribution in [3.05, 3.63) is 193 Å². The second-order valence-corrected chi connectivity index (χ2v) is 52.1. The summed E-state index contributed by atoms with van der Waals surface area (Å²) in [6.45, 7) is -3.23. The highest BCUT2D eigenvalue weighted by Crippen LogP contribution is 2.37. The molecule has 64 heteroatoms. The number of alkyl halides is 4. The summed E-state index contributed by atoms with van der Waals surface area (Å²) < 4.78 is 284. The van der Waals surface area contributed by atoms with Gasteiger partial charge in [-0.25, -0.2) is 37.5 Å². The quantitative estimate of drug-likeness (QED) is 0.00329. The van der Waals surface area contributed by atoms with E-state index in [1.807, 2.05) is 212 Å². The van der Waals surface area contributed by atoms with Gasteiger partial charge in [0.25, 0.3) is 56.5 Å². The van der Waals surface area contributed by atoms with Crippen LogP contribution in [0.5, 0.6) is 23.0 Å². The van der Waals surface area contributed by atoms with Crippen LogP contribution in [-0.4, -0.2) is 253 Å². The van der Waals surface area contributed by atoms with Crippen LogP contribution in [0.25, 0.3) is 0 Å². The van der Waals surface area contributed by atoms with E-state index < -0.39 is 200 Å². The molecule has 0 aliphatic heterocycles. The number of halogens is 18. The zero-order valence-electron chi connectivity index (χ0n) is 70.5. The average molecular weight is 3670 g/mol. The third kappa shape index (κ3) is 59.3. The van der Waals surface area contributed by atoms with Crippen LogP contribution in [0.3, 0.4) is 0 Å². The van der Waals surface area contributed by atoms with Gasteiger partial charge in [-0.05, 0) is 432 Å². The van der Waals surface area contributed by atoms with Crippen LogP contribution in [0.2, 0.25) is 0 Å².